The molecule has 1 aromatic carbocycles. The van der Waals surface area contributed by atoms with Crippen molar-refractivity contribution in [1.29, 1.82) is 5.26 Å². The second-order valence-electron chi connectivity index (χ2n) is 6.01. The van der Waals surface area contributed by atoms with Crippen LogP contribution in [-0.4, -0.2) is 16.9 Å². The number of amides is 1. The molecule has 0 fully saturated rings. The lowest BCUT2D eigenvalue weighted by molar-refractivity contribution is -0.117. The van der Waals surface area contributed by atoms with Crippen LogP contribution in [0.2, 0.25) is 0 Å². The minimum absolute atomic E-state index is 0.214. The summed E-state index contributed by atoms with van der Waals surface area (Å²) in [4.78, 5) is 15.9. The molecule has 0 saturated heterocycles. The van der Waals surface area contributed by atoms with Crippen molar-refractivity contribution in [3.05, 3.63) is 47.7 Å². The Morgan fingerprint density at radius 1 is 1.36 bits per heavy atom. The van der Waals surface area contributed by atoms with E-state index in [2.05, 4.69) is 16.4 Å². The van der Waals surface area contributed by atoms with E-state index < -0.39 is 6.04 Å². The number of carbonyl (C=O) groups is 1. The highest BCUT2D eigenvalue weighted by molar-refractivity contribution is 5.94. The number of hydrogen-bond acceptors (Lipinski definition) is 5. The number of aromatic nitrogens is 1. The van der Waals surface area contributed by atoms with Crippen LogP contribution in [0.15, 0.2) is 36.5 Å². The van der Waals surface area contributed by atoms with Crippen molar-refractivity contribution in [3.8, 4) is 17.7 Å². The molecule has 0 aliphatic carbocycles. The van der Waals surface area contributed by atoms with Gasteiger partial charge in [0.15, 0.2) is 0 Å². The Labute approximate surface area is 147 Å². The predicted molar refractivity (Wildman–Crippen MR) is 96.5 cm³/mol. The Hall–Kier alpha value is -2.91. The van der Waals surface area contributed by atoms with Crippen LogP contribution in [0.4, 0.5) is 5.69 Å². The zero-order valence-corrected chi connectivity index (χ0v) is 14.6. The first-order chi connectivity index (χ1) is 11.9. The van der Waals surface area contributed by atoms with Crippen molar-refractivity contribution in [2.45, 2.75) is 39.2 Å². The van der Waals surface area contributed by atoms with Gasteiger partial charge in [0.2, 0.25) is 11.8 Å². The summed E-state index contributed by atoms with van der Waals surface area (Å²) < 4.78 is 5.74. The number of hydrogen-bond donors (Lipinski definition) is 2. The largest absolute Gasteiger partial charge is 0.439 e. The molecule has 6 heteroatoms. The zero-order chi connectivity index (χ0) is 18.4. The van der Waals surface area contributed by atoms with E-state index in [-0.39, 0.29) is 11.8 Å². The highest BCUT2D eigenvalue weighted by Gasteiger charge is 2.12. The Bertz CT molecular complexity index is 779. The fourth-order valence-corrected chi connectivity index (χ4v) is 2.24. The Balaban J connectivity index is 2.10. The molecule has 1 aromatic heterocycles. The third-order valence-corrected chi connectivity index (χ3v) is 3.77. The fraction of sp³-hybridized carbons (Fsp3) is 0.316. The minimum Gasteiger partial charge on any atom is -0.439 e. The summed E-state index contributed by atoms with van der Waals surface area (Å²) in [6, 6.07) is 10.3. The summed E-state index contributed by atoms with van der Waals surface area (Å²) in [5.74, 6) is 0.982. The maximum atomic E-state index is 11.8. The first kappa shape index (κ1) is 18.4. The molecule has 1 heterocycles. The first-order valence-corrected chi connectivity index (χ1v) is 8.19. The average molecular weight is 338 g/mol. The molecule has 2 rings (SSSR count). The molecule has 0 aliphatic rings. The Kier molecular flexibility index (Phi) is 6.09. The van der Waals surface area contributed by atoms with E-state index in [1.165, 1.54) is 6.20 Å². The third kappa shape index (κ3) is 4.78. The maximum Gasteiger partial charge on any atom is 0.241 e. The number of rotatable bonds is 6. The van der Waals surface area contributed by atoms with Gasteiger partial charge in [-0.1, -0.05) is 20.8 Å². The van der Waals surface area contributed by atoms with Gasteiger partial charge < -0.3 is 15.8 Å². The number of benzene rings is 1. The summed E-state index contributed by atoms with van der Waals surface area (Å²) in [6.45, 7) is 5.90. The maximum absolute atomic E-state index is 11.8. The highest BCUT2D eigenvalue weighted by Crippen LogP contribution is 2.27. The van der Waals surface area contributed by atoms with E-state index >= 15 is 0 Å². The van der Waals surface area contributed by atoms with Crippen LogP contribution in [0.1, 0.15) is 44.2 Å². The number of nitriles is 1. The van der Waals surface area contributed by atoms with E-state index in [0.29, 0.717) is 29.3 Å². The second-order valence-corrected chi connectivity index (χ2v) is 6.01. The van der Waals surface area contributed by atoms with Gasteiger partial charge in [0, 0.05) is 6.07 Å². The Morgan fingerprint density at radius 2 is 2.12 bits per heavy atom. The van der Waals surface area contributed by atoms with Crippen LogP contribution in [0.3, 0.4) is 0 Å². The molecule has 130 valence electrons. The molecule has 25 heavy (non-hydrogen) atoms. The smallest absolute Gasteiger partial charge is 0.241 e. The lowest BCUT2D eigenvalue weighted by Gasteiger charge is -2.12. The number of anilines is 1. The monoisotopic (exact) mass is 338 g/mol. The molecule has 1 amide bonds. The molecule has 0 aliphatic heterocycles. The lowest BCUT2D eigenvalue weighted by atomic mass is 9.98. The van der Waals surface area contributed by atoms with Crippen LogP contribution >= 0.6 is 0 Å². The minimum atomic E-state index is -0.538. The van der Waals surface area contributed by atoms with Crippen molar-refractivity contribution in [2.75, 3.05) is 5.32 Å². The molecule has 3 N–H and O–H groups in total. The van der Waals surface area contributed by atoms with Crippen LogP contribution in [0.25, 0.3) is 0 Å². The topological polar surface area (TPSA) is 101 Å². The van der Waals surface area contributed by atoms with Crippen LogP contribution < -0.4 is 15.8 Å². The fourth-order valence-electron chi connectivity index (χ4n) is 2.24. The highest BCUT2D eigenvalue weighted by atomic mass is 16.5. The molecule has 0 bridgehead atoms. The quantitative estimate of drug-likeness (QED) is 0.839. The normalized spacial score (nSPS) is 11.7. The summed E-state index contributed by atoms with van der Waals surface area (Å²) >= 11 is 0. The van der Waals surface area contributed by atoms with Crippen LogP contribution in [-0.2, 0) is 4.79 Å². The van der Waals surface area contributed by atoms with Gasteiger partial charge in [0.1, 0.15) is 5.75 Å². The Morgan fingerprint density at radius 3 is 2.68 bits per heavy atom. The standard InChI is InChI=1S/C19H22N4O2/c1-4-17(21)19(24)23-14-6-8-18(22-11-14)25-15-7-5-13(10-20)16(9-15)12(2)3/h5-9,11-12,17H,4,21H2,1-3H3,(H,23,24)/t17-/m1/s1. The van der Waals surface area contributed by atoms with Crippen molar-refractivity contribution < 1.29 is 9.53 Å². The number of nitrogens with one attached hydrogen (secondary N) is 1. The lowest BCUT2D eigenvalue weighted by Crippen LogP contribution is -2.34. The molecule has 0 spiro atoms. The third-order valence-electron chi connectivity index (χ3n) is 3.77. The summed E-state index contributed by atoms with van der Waals surface area (Å²) in [7, 11) is 0. The summed E-state index contributed by atoms with van der Waals surface area (Å²) in [6.07, 6.45) is 2.08. The van der Waals surface area contributed by atoms with Gasteiger partial charge in [-0.3, -0.25) is 4.79 Å². The molecular formula is C19H22N4O2. The number of nitrogens with two attached hydrogens (primary N) is 1. The van der Waals surface area contributed by atoms with Crippen molar-refractivity contribution in [1.82, 2.24) is 4.98 Å². The molecule has 1 atom stereocenters. The molecule has 6 nitrogen and oxygen atoms in total. The summed E-state index contributed by atoms with van der Waals surface area (Å²) in [5.41, 5.74) is 7.81. The van der Waals surface area contributed by atoms with Gasteiger partial charge in [-0.05, 0) is 42.2 Å². The van der Waals surface area contributed by atoms with E-state index in [4.69, 9.17) is 15.7 Å². The molecule has 0 unspecified atom stereocenters. The van der Waals surface area contributed by atoms with Gasteiger partial charge in [-0.15, -0.1) is 0 Å². The first-order valence-electron chi connectivity index (χ1n) is 8.19. The van der Waals surface area contributed by atoms with Gasteiger partial charge in [-0.2, -0.15) is 5.26 Å². The van der Waals surface area contributed by atoms with Crippen molar-refractivity contribution in [3.63, 3.8) is 0 Å². The van der Waals surface area contributed by atoms with Crippen molar-refractivity contribution >= 4 is 11.6 Å². The number of ether oxygens (including phenoxy) is 1. The molecule has 2 aromatic rings. The van der Waals surface area contributed by atoms with Crippen molar-refractivity contribution in [2.24, 2.45) is 5.73 Å². The number of carbonyl (C=O) groups excluding carboxylic acids is 1. The number of pyridine rings is 1. The van der Waals surface area contributed by atoms with E-state index in [1.54, 1.807) is 24.3 Å². The van der Waals surface area contributed by atoms with Crippen LogP contribution in [0, 0.1) is 11.3 Å². The SMILES string of the molecule is CC[C@@H](N)C(=O)Nc1ccc(Oc2ccc(C#N)c(C(C)C)c2)nc1. The van der Waals surface area contributed by atoms with E-state index in [0.717, 1.165) is 5.56 Å². The average Bonchev–Trinajstić information content (AvgIpc) is 2.62. The van der Waals surface area contributed by atoms with Gasteiger partial charge >= 0.3 is 0 Å². The van der Waals surface area contributed by atoms with E-state index in [1.807, 2.05) is 26.8 Å². The predicted octanol–water partition coefficient (Wildman–Crippen LogP) is 3.54. The molecule has 0 radical (unpaired) electrons. The van der Waals surface area contributed by atoms with E-state index in [9.17, 15) is 4.79 Å². The van der Waals surface area contributed by atoms with Gasteiger partial charge in [0.25, 0.3) is 0 Å². The van der Waals surface area contributed by atoms with Gasteiger partial charge in [0.05, 0.1) is 29.6 Å². The second kappa shape index (κ2) is 8.27. The van der Waals surface area contributed by atoms with Crippen LogP contribution in [0.5, 0.6) is 11.6 Å². The summed E-state index contributed by atoms with van der Waals surface area (Å²) in [5, 5.41) is 11.9. The number of nitrogens with zero attached hydrogens (tertiary/aromatic N) is 2. The van der Waals surface area contributed by atoms with Gasteiger partial charge in [-0.25, -0.2) is 4.98 Å². The molecule has 0 saturated carbocycles. The zero-order valence-electron chi connectivity index (χ0n) is 14.6. The molecular weight excluding hydrogens is 316 g/mol.